The highest BCUT2D eigenvalue weighted by molar-refractivity contribution is 9.10. The fourth-order valence-electron chi connectivity index (χ4n) is 2.90. The summed E-state index contributed by atoms with van der Waals surface area (Å²) in [5.41, 5.74) is 0. The van der Waals surface area contributed by atoms with Crippen LogP contribution in [0.25, 0.3) is 11.7 Å². The third kappa shape index (κ3) is 5.32. The summed E-state index contributed by atoms with van der Waals surface area (Å²) in [6, 6.07) is 14.4. The molecule has 4 aromatic heterocycles. The highest BCUT2D eigenvalue weighted by Gasteiger charge is 2.18. The number of benzene rings is 1. The molecule has 0 unspecified atom stereocenters. The van der Waals surface area contributed by atoms with Crippen LogP contribution in [0.15, 0.2) is 77.9 Å². The van der Waals surface area contributed by atoms with Crippen LogP contribution >= 0.6 is 39.3 Å². The van der Waals surface area contributed by atoms with Crippen molar-refractivity contribution in [3.05, 3.63) is 82.0 Å². The Morgan fingerprint density at radius 1 is 1.00 bits per heavy atom. The summed E-state index contributed by atoms with van der Waals surface area (Å²) in [6.07, 6.45) is 1.63. The molecular formula is C21H15BrClN5O4S. The van der Waals surface area contributed by atoms with Crippen LogP contribution in [0.3, 0.4) is 0 Å². The Kier molecular flexibility index (Phi) is 6.51. The minimum Gasteiger partial charge on any atom is -0.486 e. The van der Waals surface area contributed by atoms with Gasteiger partial charge < -0.3 is 18.0 Å². The third-order valence-corrected chi connectivity index (χ3v) is 6.07. The lowest BCUT2D eigenvalue weighted by Crippen LogP contribution is -2.09. The Bertz CT molecular complexity index is 1330. The number of thioether (sulfide) groups is 1. The van der Waals surface area contributed by atoms with Crippen LogP contribution in [0.4, 0.5) is 0 Å². The molecule has 0 bridgehead atoms. The van der Waals surface area contributed by atoms with E-state index >= 15 is 0 Å². The van der Waals surface area contributed by atoms with Gasteiger partial charge in [0.15, 0.2) is 21.4 Å². The summed E-state index contributed by atoms with van der Waals surface area (Å²) < 4.78 is 25.0. The van der Waals surface area contributed by atoms with Gasteiger partial charge in [-0.1, -0.05) is 23.4 Å². The second kappa shape index (κ2) is 9.86. The Labute approximate surface area is 205 Å². The topological polar surface area (TPSA) is 105 Å². The third-order valence-electron chi connectivity index (χ3n) is 4.44. The molecule has 0 atom stereocenters. The van der Waals surface area contributed by atoms with E-state index in [-0.39, 0.29) is 6.61 Å². The van der Waals surface area contributed by atoms with E-state index in [0.717, 1.165) is 5.76 Å². The molecule has 0 amide bonds. The maximum absolute atomic E-state index is 5.94. The quantitative estimate of drug-likeness (QED) is 0.210. The van der Waals surface area contributed by atoms with Gasteiger partial charge in [0, 0.05) is 5.02 Å². The van der Waals surface area contributed by atoms with Gasteiger partial charge in [-0.2, -0.15) is 0 Å². The van der Waals surface area contributed by atoms with E-state index in [4.69, 9.17) is 29.6 Å². The zero-order valence-electron chi connectivity index (χ0n) is 16.9. The molecule has 0 aliphatic rings. The molecule has 4 heterocycles. The molecule has 5 aromatic rings. The summed E-state index contributed by atoms with van der Waals surface area (Å²) in [4.78, 5) is 0. The number of ether oxygens (including phenoxy) is 1. The zero-order chi connectivity index (χ0) is 22.6. The van der Waals surface area contributed by atoms with Gasteiger partial charge in [-0.25, -0.2) is 0 Å². The molecule has 0 N–H and O–H groups in total. The van der Waals surface area contributed by atoms with Crippen LogP contribution in [0, 0.1) is 0 Å². The largest absolute Gasteiger partial charge is 0.486 e. The fourth-order valence-corrected chi connectivity index (χ4v) is 4.12. The van der Waals surface area contributed by atoms with Gasteiger partial charge in [0.25, 0.3) is 5.89 Å². The van der Waals surface area contributed by atoms with Crippen molar-refractivity contribution >= 4 is 39.3 Å². The molecule has 9 nitrogen and oxygen atoms in total. The van der Waals surface area contributed by atoms with E-state index in [1.165, 1.54) is 11.8 Å². The number of hydrogen-bond donors (Lipinski definition) is 0. The predicted molar refractivity (Wildman–Crippen MR) is 123 cm³/mol. The minimum absolute atomic E-state index is 0.230. The molecule has 0 spiro atoms. The molecule has 33 heavy (non-hydrogen) atoms. The average molecular weight is 549 g/mol. The molecule has 1 aromatic carbocycles. The first-order chi connectivity index (χ1) is 16.1. The van der Waals surface area contributed by atoms with Crippen molar-refractivity contribution in [1.29, 1.82) is 0 Å². The van der Waals surface area contributed by atoms with Crippen LogP contribution in [0.1, 0.15) is 17.5 Å². The van der Waals surface area contributed by atoms with E-state index in [1.54, 1.807) is 42.7 Å². The lowest BCUT2D eigenvalue weighted by Gasteiger charge is -2.09. The number of furan rings is 2. The summed E-state index contributed by atoms with van der Waals surface area (Å²) >= 11 is 10.6. The van der Waals surface area contributed by atoms with E-state index in [0.29, 0.717) is 56.3 Å². The lowest BCUT2D eigenvalue weighted by molar-refractivity contribution is 0.287. The first kappa shape index (κ1) is 21.8. The second-order valence-electron chi connectivity index (χ2n) is 6.70. The summed E-state index contributed by atoms with van der Waals surface area (Å²) in [5, 5.41) is 18.1. The van der Waals surface area contributed by atoms with Gasteiger partial charge in [0.05, 0.1) is 18.6 Å². The molecule has 0 saturated heterocycles. The van der Waals surface area contributed by atoms with Gasteiger partial charge in [-0.05, 0) is 64.5 Å². The monoisotopic (exact) mass is 547 g/mol. The minimum atomic E-state index is 0.230. The SMILES string of the molecule is Clc1ccc(OCc2nnc(SCc3nnc(-c4ccc(Br)o4)o3)n2Cc2ccco2)cc1. The fraction of sp³-hybridized carbons (Fsp3) is 0.143. The number of hydrogen-bond acceptors (Lipinski definition) is 9. The number of halogens is 2. The first-order valence-corrected chi connectivity index (χ1v) is 11.8. The lowest BCUT2D eigenvalue weighted by atomic mass is 10.3. The Balaban J connectivity index is 1.31. The second-order valence-corrected chi connectivity index (χ2v) is 8.86. The van der Waals surface area contributed by atoms with Crippen LogP contribution in [-0.4, -0.2) is 25.0 Å². The Morgan fingerprint density at radius 3 is 2.64 bits per heavy atom. The molecule has 12 heteroatoms. The maximum Gasteiger partial charge on any atom is 0.283 e. The van der Waals surface area contributed by atoms with Crippen LogP contribution in [-0.2, 0) is 18.9 Å². The van der Waals surface area contributed by atoms with Crippen molar-refractivity contribution in [2.24, 2.45) is 0 Å². The van der Waals surface area contributed by atoms with Gasteiger partial charge >= 0.3 is 0 Å². The summed E-state index contributed by atoms with van der Waals surface area (Å²) in [5.74, 6) is 3.75. The molecular weight excluding hydrogens is 534 g/mol. The molecule has 5 rings (SSSR count). The summed E-state index contributed by atoms with van der Waals surface area (Å²) in [6.45, 7) is 0.686. The smallest absolute Gasteiger partial charge is 0.283 e. The molecule has 0 aliphatic carbocycles. The van der Waals surface area contributed by atoms with Crippen molar-refractivity contribution < 1.29 is 18.0 Å². The molecule has 168 valence electrons. The molecule has 0 saturated carbocycles. The number of aromatic nitrogens is 5. The van der Waals surface area contributed by atoms with Crippen LogP contribution in [0.2, 0.25) is 5.02 Å². The summed E-state index contributed by atoms with van der Waals surface area (Å²) in [7, 11) is 0. The number of rotatable bonds is 9. The van der Waals surface area contributed by atoms with E-state index in [9.17, 15) is 0 Å². The zero-order valence-corrected chi connectivity index (χ0v) is 20.0. The number of nitrogens with zero attached hydrogens (tertiary/aromatic N) is 5. The first-order valence-electron chi connectivity index (χ1n) is 9.68. The maximum atomic E-state index is 5.94. The van der Waals surface area contributed by atoms with E-state index in [2.05, 4.69) is 36.3 Å². The van der Waals surface area contributed by atoms with Gasteiger partial charge in [-0.15, -0.1) is 20.4 Å². The highest BCUT2D eigenvalue weighted by atomic mass is 79.9. The van der Waals surface area contributed by atoms with E-state index < -0.39 is 0 Å². The van der Waals surface area contributed by atoms with Crippen LogP contribution < -0.4 is 4.74 Å². The van der Waals surface area contributed by atoms with Crippen LogP contribution in [0.5, 0.6) is 5.75 Å². The van der Waals surface area contributed by atoms with Crippen molar-refractivity contribution in [2.45, 2.75) is 24.1 Å². The van der Waals surface area contributed by atoms with Crippen molar-refractivity contribution in [2.75, 3.05) is 0 Å². The molecule has 0 radical (unpaired) electrons. The normalized spacial score (nSPS) is 11.2. The Hall–Kier alpha value is -3.02. The predicted octanol–water partition coefficient (Wildman–Crippen LogP) is 5.85. The molecule has 0 aliphatic heterocycles. The highest BCUT2D eigenvalue weighted by Crippen LogP contribution is 2.27. The molecule has 0 fully saturated rings. The average Bonchev–Trinajstić information content (AvgIpc) is 3.61. The van der Waals surface area contributed by atoms with Gasteiger partial charge in [0.2, 0.25) is 5.89 Å². The van der Waals surface area contributed by atoms with Crippen molar-refractivity contribution in [3.63, 3.8) is 0 Å². The van der Waals surface area contributed by atoms with Crippen molar-refractivity contribution in [1.82, 2.24) is 25.0 Å². The van der Waals surface area contributed by atoms with E-state index in [1.807, 2.05) is 16.7 Å². The Morgan fingerprint density at radius 2 is 1.88 bits per heavy atom. The van der Waals surface area contributed by atoms with Gasteiger partial charge in [0.1, 0.15) is 18.1 Å². The van der Waals surface area contributed by atoms with Gasteiger partial charge in [-0.3, -0.25) is 4.57 Å². The standard InChI is InChI=1S/C21H15BrClN5O4S/c22-17-8-7-16(31-17)20-26-25-19(32-20)12-33-21-27-24-18(28(21)10-15-2-1-9-29-15)11-30-14-5-3-13(23)4-6-14/h1-9H,10-12H2. The van der Waals surface area contributed by atoms with Crippen molar-refractivity contribution in [3.8, 4) is 17.4 Å².